The molecule has 0 spiro atoms. The Labute approximate surface area is 172 Å². The fraction of sp³-hybridized carbons (Fsp3) is 0.526. The summed E-state index contributed by atoms with van der Waals surface area (Å²) in [5.74, 6) is 2.22. The topological polar surface area (TPSA) is 52.2 Å². The molecule has 1 saturated heterocycles. The molecule has 3 N–H and O–H groups in total. The molecule has 6 heteroatoms. The van der Waals surface area contributed by atoms with Crippen molar-refractivity contribution in [2.75, 3.05) is 25.9 Å². The van der Waals surface area contributed by atoms with E-state index in [0.717, 1.165) is 37.1 Å². The standard InChI is InChI=1S/C19H28N4S.HI/c1-3-14-6-4-8-17-15(12-22-18(14)17)9-10-21-19(20-2)23-13-16-7-5-11-24-16;/h4,6,8,12,16,22H,3,5,7,9-11,13H2,1-2H3,(H2,20,21,23);1H. The van der Waals surface area contributed by atoms with E-state index in [0.29, 0.717) is 0 Å². The monoisotopic (exact) mass is 472 g/mol. The Hall–Kier alpha value is -0.890. The summed E-state index contributed by atoms with van der Waals surface area (Å²) in [6.45, 7) is 4.10. The van der Waals surface area contributed by atoms with Gasteiger partial charge in [0.2, 0.25) is 0 Å². The number of thioether (sulfide) groups is 1. The summed E-state index contributed by atoms with van der Waals surface area (Å²) in [7, 11) is 1.84. The van der Waals surface area contributed by atoms with Gasteiger partial charge >= 0.3 is 0 Å². The predicted octanol–water partition coefficient (Wildman–Crippen LogP) is 3.95. The third kappa shape index (κ3) is 5.29. The summed E-state index contributed by atoms with van der Waals surface area (Å²) in [4.78, 5) is 7.78. The van der Waals surface area contributed by atoms with Crippen molar-refractivity contribution in [1.82, 2.24) is 15.6 Å². The minimum atomic E-state index is 0. The zero-order chi connectivity index (χ0) is 16.8. The lowest BCUT2D eigenvalue weighted by atomic mass is 10.1. The molecule has 0 bridgehead atoms. The number of nitrogens with zero attached hydrogens (tertiary/aromatic N) is 1. The first-order valence-corrected chi connectivity index (χ1v) is 10.0. The minimum Gasteiger partial charge on any atom is -0.361 e. The molecule has 0 saturated carbocycles. The smallest absolute Gasteiger partial charge is 0.191 e. The summed E-state index contributed by atoms with van der Waals surface area (Å²) in [5.41, 5.74) is 4.05. The molecule has 0 radical (unpaired) electrons. The second kappa shape index (κ2) is 10.3. The molecule has 1 atom stereocenters. The van der Waals surface area contributed by atoms with Crippen molar-refractivity contribution in [1.29, 1.82) is 0 Å². The maximum Gasteiger partial charge on any atom is 0.191 e. The Balaban J connectivity index is 0.00000225. The van der Waals surface area contributed by atoms with Crippen molar-refractivity contribution in [3.05, 3.63) is 35.5 Å². The van der Waals surface area contributed by atoms with Crippen LogP contribution in [0.25, 0.3) is 10.9 Å². The van der Waals surface area contributed by atoms with Crippen molar-refractivity contribution in [2.45, 2.75) is 37.9 Å². The average Bonchev–Trinajstić information content (AvgIpc) is 3.27. The van der Waals surface area contributed by atoms with Gasteiger partial charge in [0.05, 0.1) is 0 Å². The second-order valence-corrected chi connectivity index (χ2v) is 7.68. The highest BCUT2D eigenvalue weighted by Gasteiger charge is 2.15. The number of aromatic amines is 1. The Bertz CT molecular complexity index is 692. The number of aliphatic imine (C=N–C) groups is 1. The number of rotatable bonds is 6. The Morgan fingerprint density at radius 2 is 2.20 bits per heavy atom. The summed E-state index contributed by atoms with van der Waals surface area (Å²) in [5, 5.41) is 8.99. The van der Waals surface area contributed by atoms with Gasteiger partial charge in [-0.1, -0.05) is 25.1 Å². The number of hydrogen-bond donors (Lipinski definition) is 3. The number of fused-ring (bicyclic) bond motifs is 1. The first-order chi connectivity index (χ1) is 11.8. The normalized spacial score (nSPS) is 17.5. The summed E-state index contributed by atoms with van der Waals surface area (Å²) >= 11 is 2.07. The largest absolute Gasteiger partial charge is 0.361 e. The highest BCUT2D eigenvalue weighted by atomic mass is 127. The van der Waals surface area contributed by atoms with E-state index < -0.39 is 0 Å². The van der Waals surface area contributed by atoms with Crippen LogP contribution in [0.15, 0.2) is 29.4 Å². The van der Waals surface area contributed by atoms with Crippen molar-refractivity contribution in [3.63, 3.8) is 0 Å². The molecule has 1 unspecified atom stereocenters. The molecule has 4 nitrogen and oxygen atoms in total. The first kappa shape index (κ1) is 20.4. The van der Waals surface area contributed by atoms with Crippen molar-refractivity contribution >= 4 is 52.6 Å². The number of benzene rings is 1. The lowest BCUT2D eigenvalue weighted by Crippen LogP contribution is -2.40. The van der Waals surface area contributed by atoms with Crippen LogP contribution in [0.1, 0.15) is 30.9 Å². The van der Waals surface area contributed by atoms with Gasteiger partial charge in [0.15, 0.2) is 5.96 Å². The van der Waals surface area contributed by atoms with E-state index in [1.165, 1.54) is 40.6 Å². The van der Waals surface area contributed by atoms with Gasteiger partial charge < -0.3 is 15.6 Å². The number of hydrogen-bond acceptors (Lipinski definition) is 2. The van der Waals surface area contributed by atoms with Crippen LogP contribution in [-0.2, 0) is 12.8 Å². The van der Waals surface area contributed by atoms with Crippen LogP contribution in [0.2, 0.25) is 0 Å². The van der Waals surface area contributed by atoms with E-state index in [4.69, 9.17) is 0 Å². The van der Waals surface area contributed by atoms with Gasteiger partial charge in [-0.15, -0.1) is 24.0 Å². The van der Waals surface area contributed by atoms with Gasteiger partial charge in [-0.25, -0.2) is 0 Å². The van der Waals surface area contributed by atoms with Crippen LogP contribution in [0, 0.1) is 0 Å². The van der Waals surface area contributed by atoms with Gasteiger partial charge in [-0.3, -0.25) is 4.99 Å². The Morgan fingerprint density at radius 1 is 1.32 bits per heavy atom. The number of para-hydroxylation sites is 1. The number of H-pyrrole nitrogens is 1. The highest BCUT2D eigenvalue weighted by Crippen LogP contribution is 2.25. The molecule has 0 aliphatic carbocycles. The number of guanidine groups is 1. The lowest BCUT2D eigenvalue weighted by Gasteiger charge is -2.14. The first-order valence-electron chi connectivity index (χ1n) is 8.95. The maximum atomic E-state index is 4.33. The molecule has 3 rings (SSSR count). The summed E-state index contributed by atoms with van der Waals surface area (Å²) < 4.78 is 0. The third-order valence-electron chi connectivity index (χ3n) is 4.70. The quantitative estimate of drug-likeness (QED) is 0.339. The molecule has 1 aromatic carbocycles. The number of aromatic nitrogens is 1. The molecule has 2 aromatic rings. The number of nitrogens with one attached hydrogen (secondary N) is 3. The van der Waals surface area contributed by atoms with Crippen molar-refractivity contribution in [3.8, 4) is 0 Å². The Morgan fingerprint density at radius 3 is 2.92 bits per heavy atom. The Kier molecular flexibility index (Phi) is 8.42. The van der Waals surface area contributed by atoms with E-state index in [-0.39, 0.29) is 24.0 Å². The zero-order valence-electron chi connectivity index (χ0n) is 15.1. The molecule has 25 heavy (non-hydrogen) atoms. The van der Waals surface area contributed by atoms with E-state index in [9.17, 15) is 0 Å². The molecule has 1 aromatic heterocycles. The third-order valence-corrected chi connectivity index (χ3v) is 6.10. The predicted molar refractivity (Wildman–Crippen MR) is 122 cm³/mol. The minimum absolute atomic E-state index is 0. The van der Waals surface area contributed by atoms with Crippen LogP contribution in [0.3, 0.4) is 0 Å². The van der Waals surface area contributed by atoms with Crippen molar-refractivity contribution < 1.29 is 0 Å². The van der Waals surface area contributed by atoms with E-state index in [1.54, 1.807) is 0 Å². The van der Waals surface area contributed by atoms with Crippen LogP contribution in [0.4, 0.5) is 0 Å². The molecule has 1 aliphatic heterocycles. The fourth-order valence-electron chi connectivity index (χ4n) is 3.33. The van der Waals surface area contributed by atoms with Crippen LogP contribution >= 0.6 is 35.7 Å². The number of halogens is 1. The maximum absolute atomic E-state index is 4.33. The average molecular weight is 472 g/mol. The van der Waals surface area contributed by atoms with Gasteiger partial charge in [-0.2, -0.15) is 11.8 Å². The molecule has 138 valence electrons. The fourth-order valence-corrected chi connectivity index (χ4v) is 4.53. The van der Waals surface area contributed by atoms with Gasteiger partial charge in [0, 0.05) is 42.5 Å². The SMILES string of the molecule is CCc1cccc2c(CCNC(=NC)NCC3CCCS3)c[nH]c12.I. The van der Waals surface area contributed by atoms with E-state index in [2.05, 4.69) is 63.7 Å². The van der Waals surface area contributed by atoms with Crippen LogP contribution in [0.5, 0.6) is 0 Å². The van der Waals surface area contributed by atoms with Gasteiger partial charge in [0.1, 0.15) is 0 Å². The summed E-state index contributed by atoms with van der Waals surface area (Å²) in [6, 6.07) is 6.57. The molecule has 0 amide bonds. The number of aryl methyl sites for hydroxylation is 1. The van der Waals surface area contributed by atoms with Gasteiger partial charge in [0.25, 0.3) is 0 Å². The zero-order valence-corrected chi connectivity index (χ0v) is 18.2. The molecule has 1 aliphatic rings. The molecule has 2 heterocycles. The molecular weight excluding hydrogens is 443 g/mol. The highest BCUT2D eigenvalue weighted by molar-refractivity contribution is 14.0. The molecule has 1 fully saturated rings. The summed E-state index contributed by atoms with van der Waals surface area (Å²) in [6.07, 6.45) is 6.88. The van der Waals surface area contributed by atoms with Crippen LogP contribution in [-0.4, -0.2) is 42.1 Å². The molecular formula is C19H29IN4S. The van der Waals surface area contributed by atoms with E-state index >= 15 is 0 Å². The van der Waals surface area contributed by atoms with Crippen molar-refractivity contribution in [2.24, 2.45) is 4.99 Å². The van der Waals surface area contributed by atoms with E-state index in [1.807, 2.05) is 7.05 Å². The second-order valence-electron chi connectivity index (χ2n) is 6.27. The lowest BCUT2D eigenvalue weighted by molar-refractivity contribution is 0.724. The van der Waals surface area contributed by atoms with Crippen LogP contribution < -0.4 is 10.6 Å². The van der Waals surface area contributed by atoms with Gasteiger partial charge in [-0.05, 0) is 42.6 Å².